The monoisotopic (exact) mass is 365 g/mol. The van der Waals surface area contributed by atoms with Crippen molar-refractivity contribution in [2.45, 2.75) is 13.1 Å². The average molecular weight is 365 g/mol. The number of fused-ring (bicyclic) bond motifs is 1. The SMILES string of the molecule is NNc1ccc(-c2cnn(CCO)c2)nc1NCc1ccc2ncnn2c1. The summed E-state index contributed by atoms with van der Waals surface area (Å²) in [5.74, 6) is 6.24. The molecule has 4 aromatic rings. The molecule has 4 heterocycles. The summed E-state index contributed by atoms with van der Waals surface area (Å²) in [5, 5.41) is 20.7. The molecule has 0 bridgehead atoms. The second-order valence-corrected chi connectivity index (χ2v) is 5.91. The van der Waals surface area contributed by atoms with E-state index < -0.39 is 0 Å². The van der Waals surface area contributed by atoms with E-state index in [0.29, 0.717) is 24.6 Å². The van der Waals surface area contributed by atoms with Gasteiger partial charge in [-0.15, -0.1) is 0 Å². The molecule has 0 aliphatic heterocycles. The number of anilines is 2. The van der Waals surface area contributed by atoms with E-state index in [1.807, 2.05) is 36.7 Å². The molecule has 138 valence electrons. The van der Waals surface area contributed by atoms with Gasteiger partial charge in [-0.25, -0.2) is 14.5 Å². The summed E-state index contributed by atoms with van der Waals surface area (Å²) < 4.78 is 3.39. The Kier molecular flexibility index (Phi) is 4.64. The summed E-state index contributed by atoms with van der Waals surface area (Å²) >= 11 is 0. The molecule has 0 saturated heterocycles. The molecule has 0 radical (unpaired) electrons. The van der Waals surface area contributed by atoms with E-state index >= 15 is 0 Å². The molecule has 0 fully saturated rings. The number of hydrogen-bond donors (Lipinski definition) is 4. The number of nitrogens with zero attached hydrogens (tertiary/aromatic N) is 6. The summed E-state index contributed by atoms with van der Waals surface area (Å²) in [5.41, 5.74) is 6.78. The third-order valence-electron chi connectivity index (χ3n) is 4.10. The largest absolute Gasteiger partial charge is 0.394 e. The van der Waals surface area contributed by atoms with Gasteiger partial charge in [0.1, 0.15) is 6.33 Å². The lowest BCUT2D eigenvalue weighted by Gasteiger charge is -2.12. The number of pyridine rings is 2. The number of nitrogen functional groups attached to an aromatic ring is 1. The van der Waals surface area contributed by atoms with Crippen LogP contribution < -0.4 is 16.6 Å². The van der Waals surface area contributed by atoms with Crippen molar-refractivity contribution >= 4 is 17.2 Å². The minimum Gasteiger partial charge on any atom is -0.394 e. The molecule has 0 atom stereocenters. The van der Waals surface area contributed by atoms with Crippen LogP contribution in [0.4, 0.5) is 11.5 Å². The molecular weight excluding hydrogens is 346 g/mol. The first-order valence-electron chi connectivity index (χ1n) is 8.40. The lowest BCUT2D eigenvalue weighted by molar-refractivity contribution is 0.269. The standard InChI is InChI=1S/C17H19N9O/c18-24-15-3-2-14(13-8-21-25(10-13)5-6-27)23-17(15)19-7-12-1-4-16-20-11-22-26(16)9-12/h1-4,8-11,24,27H,5-7,18H2,(H,19,23). The Bertz CT molecular complexity index is 1060. The second kappa shape index (κ2) is 7.40. The van der Waals surface area contributed by atoms with E-state index in [9.17, 15) is 0 Å². The van der Waals surface area contributed by atoms with Gasteiger partial charge in [-0.3, -0.25) is 10.5 Å². The molecule has 0 aromatic carbocycles. The lowest BCUT2D eigenvalue weighted by Crippen LogP contribution is -2.12. The van der Waals surface area contributed by atoms with Crippen molar-refractivity contribution in [3.63, 3.8) is 0 Å². The van der Waals surface area contributed by atoms with Gasteiger partial charge in [0.25, 0.3) is 0 Å². The highest BCUT2D eigenvalue weighted by molar-refractivity contribution is 5.70. The molecule has 0 saturated carbocycles. The molecule has 0 unspecified atom stereocenters. The molecule has 4 aromatic heterocycles. The average Bonchev–Trinajstić information content (AvgIpc) is 3.35. The summed E-state index contributed by atoms with van der Waals surface area (Å²) in [7, 11) is 0. The van der Waals surface area contributed by atoms with Crippen LogP contribution in [0.15, 0.2) is 49.2 Å². The third kappa shape index (κ3) is 3.57. The molecule has 5 N–H and O–H groups in total. The molecule has 0 amide bonds. The Morgan fingerprint density at radius 2 is 2.04 bits per heavy atom. The zero-order chi connectivity index (χ0) is 18.6. The number of nitrogens with one attached hydrogen (secondary N) is 2. The van der Waals surface area contributed by atoms with Gasteiger partial charge < -0.3 is 15.8 Å². The van der Waals surface area contributed by atoms with Crippen molar-refractivity contribution in [2.75, 3.05) is 17.3 Å². The van der Waals surface area contributed by atoms with E-state index in [2.05, 4.69) is 30.9 Å². The molecule has 10 nitrogen and oxygen atoms in total. The smallest absolute Gasteiger partial charge is 0.155 e. The van der Waals surface area contributed by atoms with Crippen LogP contribution in [-0.2, 0) is 13.1 Å². The number of rotatable bonds is 7. The van der Waals surface area contributed by atoms with E-state index in [0.717, 1.165) is 22.5 Å². The highest BCUT2D eigenvalue weighted by atomic mass is 16.3. The first-order valence-corrected chi connectivity index (χ1v) is 8.40. The number of aliphatic hydroxyl groups excluding tert-OH is 1. The number of aromatic nitrogens is 6. The molecule has 0 aliphatic carbocycles. The van der Waals surface area contributed by atoms with Crippen LogP contribution in [0.1, 0.15) is 5.56 Å². The maximum Gasteiger partial charge on any atom is 0.155 e. The van der Waals surface area contributed by atoms with Gasteiger partial charge in [0, 0.05) is 24.5 Å². The van der Waals surface area contributed by atoms with Gasteiger partial charge in [-0.05, 0) is 23.8 Å². The van der Waals surface area contributed by atoms with Gasteiger partial charge in [-0.2, -0.15) is 10.2 Å². The predicted octanol–water partition coefficient (Wildman–Crippen LogP) is 0.878. The van der Waals surface area contributed by atoms with Crippen molar-refractivity contribution in [2.24, 2.45) is 5.84 Å². The third-order valence-corrected chi connectivity index (χ3v) is 4.10. The van der Waals surface area contributed by atoms with Crippen molar-refractivity contribution in [3.05, 3.63) is 54.7 Å². The minimum absolute atomic E-state index is 0.0352. The Morgan fingerprint density at radius 3 is 2.89 bits per heavy atom. The topological polar surface area (TPSA) is 131 Å². The van der Waals surface area contributed by atoms with Gasteiger partial charge in [-0.1, -0.05) is 6.07 Å². The van der Waals surface area contributed by atoms with Crippen LogP contribution in [-0.4, -0.2) is 41.1 Å². The molecule has 4 rings (SSSR count). The van der Waals surface area contributed by atoms with Gasteiger partial charge in [0.2, 0.25) is 0 Å². The summed E-state index contributed by atoms with van der Waals surface area (Å²) in [4.78, 5) is 8.79. The minimum atomic E-state index is 0.0352. The fourth-order valence-corrected chi connectivity index (χ4v) is 2.74. The summed E-state index contributed by atoms with van der Waals surface area (Å²) in [6, 6.07) is 7.61. The van der Waals surface area contributed by atoms with Gasteiger partial charge >= 0.3 is 0 Å². The first kappa shape index (κ1) is 16.9. The van der Waals surface area contributed by atoms with Crippen molar-refractivity contribution in [3.8, 4) is 11.3 Å². The molecular formula is C17H19N9O. The van der Waals surface area contributed by atoms with Crippen LogP contribution in [0, 0.1) is 0 Å². The Morgan fingerprint density at radius 1 is 1.11 bits per heavy atom. The highest BCUT2D eigenvalue weighted by Crippen LogP contribution is 2.25. The van der Waals surface area contributed by atoms with E-state index in [1.54, 1.807) is 15.4 Å². The quantitative estimate of drug-likeness (QED) is 0.280. The Labute approximate surface area is 154 Å². The lowest BCUT2D eigenvalue weighted by atomic mass is 10.2. The highest BCUT2D eigenvalue weighted by Gasteiger charge is 2.09. The zero-order valence-corrected chi connectivity index (χ0v) is 14.4. The van der Waals surface area contributed by atoms with E-state index in [4.69, 9.17) is 10.9 Å². The van der Waals surface area contributed by atoms with E-state index in [1.165, 1.54) is 6.33 Å². The number of hydrogen-bond acceptors (Lipinski definition) is 8. The Balaban J connectivity index is 1.56. The van der Waals surface area contributed by atoms with E-state index in [-0.39, 0.29) is 6.61 Å². The summed E-state index contributed by atoms with van der Waals surface area (Å²) in [6.45, 7) is 1.02. The maximum absolute atomic E-state index is 9.02. The van der Waals surface area contributed by atoms with Crippen molar-refractivity contribution in [1.82, 2.24) is 29.4 Å². The number of nitrogens with two attached hydrogens (primary N) is 1. The molecule has 0 spiro atoms. The maximum atomic E-state index is 9.02. The second-order valence-electron chi connectivity index (χ2n) is 5.91. The van der Waals surface area contributed by atoms with Crippen LogP contribution in [0.3, 0.4) is 0 Å². The zero-order valence-electron chi connectivity index (χ0n) is 14.4. The molecule has 0 aliphatic rings. The first-order chi connectivity index (χ1) is 13.3. The fraction of sp³-hybridized carbons (Fsp3) is 0.176. The molecule has 10 heteroatoms. The van der Waals surface area contributed by atoms with Gasteiger partial charge in [0.05, 0.1) is 30.7 Å². The predicted molar refractivity (Wildman–Crippen MR) is 101 cm³/mol. The summed E-state index contributed by atoms with van der Waals surface area (Å²) in [6.07, 6.45) is 6.99. The normalized spacial score (nSPS) is 11.0. The molecule has 27 heavy (non-hydrogen) atoms. The van der Waals surface area contributed by atoms with Gasteiger partial charge in [0.15, 0.2) is 11.5 Å². The number of hydrazine groups is 1. The Hall–Kier alpha value is -3.50. The van der Waals surface area contributed by atoms with Crippen LogP contribution in [0.2, 0.25) is 0 Å². The van der Waals surface area contributed by atoms with Crippen LogP contribution in [0.25, 0.3) is 16.9 Å². The van der Waals surface area contributed by atoms with Crippen LogP contribution >= 0.6 is 0 Å². The van der Waals surface area contributed by atoms with Crippen molar-refractivity contribution in [1.29, 1.82) is 0 Å². The number of aliphatic hydroxyl groups is 1. The van der Waals surface area contributed by atoms with Crippen LogP contribution in [0.5, 0.6) is 0 Å². The van der Waals surface area contributed by atoms with Crippen molar-refractivity contribution < 1.29 is 5.11 Å². The fourth-order valence-electron chi connectivity index (χ4n) is 2.74.